The molecule has 0 fully saturated rings. The first-order valence-electron chi connectivity index (χ1n) is 2.12. The molecule has 0 aromatic rings. The third-order valence-corrected chi connectivity index (χ3v) is 0.498. The Kier molecular flexibility index (Phi) is 17.1. The van der Waals surface area contributed by atoms with Crippen molar-refractivity contribution in [1.29, 1.82) is 0 Å². The summed E-state index contributed by atoms with van der Waals surface area (Å²) in [5, 5.41) is 0. The van der Waals surface area contributed by atoms with Crippen LogP contribution in [-0.4, -0.2) is 49.3 Å². The zero-order chi connectivity index (χ0) is 5.86. The van der Waals surface area contributed by atoms with E-state index in [2.05, 4.69) is 0 Å². The number of hydrogen-bond donors (Lipinski definition) is 0. The average Bonchev–Trinajstić information content (AvgIpc) is 1.27. The Morgan fingerprint density at radius 2 is 1.44 bits per heavy atom. The molecular formula is C5H10CaO2Zn. The predicted molar refractivity (Wildman–Crippen MR) is 34.0 cm³/mol. The SMILES string of the molecule is CC(=O)CC(C)=O.[Ca+2].[H-].[H-].[Zn]. The topological polar surface area (TPSA) is 34.1 Å². The van der Waals surface area contributed by atoms with E-state index < -0.39 is 0 Å². The molecule has 0 radical (unpaired) electrons. The van der Waals surface area contributed by atoms with Crippen LogP contribution in [0.2, 0.25) is 0 Å². The van der Waals surface area contributed by atoms with Gasteiger partial charge in [-0.3, -0.25) is 9.59 Å². The second kappa shape index (κ2) is 9.22. The molecule has 0 aliphatic rings. The van der Waals surface area contributed by atoms with Crippen molar-refractivity contribution < 1.29 is 31.9 Å². The van der Waals surface area contributed by atoms with Gasteiger partial charge >= 0.3 is 37.7 Å². The molecule has 0 aliphatic heterocycles. The molecule has 0 aliphatic carbocycles. The molecule has 0 rings (SSSR count). The summed E-state index contributed by atoms with van der Waals surface area (Å²) in [5.74, 6) is -0.125. The molecule has 4 heteroatoms. The summed E-state index contributed by atoms with van der Waals surface area (Å²) in [5.41, 5.74) is 0. The second-order valence-corrected chi connectivity index (χ2v) is 1.58. The van der Waals surface area contributed by atoms with Gasteiger partial charge in [-0.1, -0.05) is 0 Å². The molecule has 2 nitrogen and oxygen atoms in total. The van der Waals surface area contributed by atoms with E-state index in [1.54, 1.807) is 0 Å². The van der Waals surface area contributed by atoms with Gasteiger partial charge in [0, 0.05) is 19.5 Å². The molecule has 46 valence electrons. The van der Waals surface area contributed by atoms with Crippen LogP contribution in [0.15, 0.2) is 0 Å². The molecule has 0 amide bonds. The second-order valence-electron chi connectivity index (χ2n) is 1.58. The zero-order valence-electron chi connectivity index (χ0n) is 7.94. The van der Waals surface area contributed by atoms with Gasteiger partial charge in [-0.15, -0.1) is 0 Å². The van der Waals surface area contributed by atoms with Crippen LogP contribution < -0.4 is 0 Å². The Morgan fingerprint density at radius 3 is 1.44 bits per heavy atom. The zero-order valence-corrected chi connectivity index (χ0v) is 11.1. The molecule has 0 N–H and O–H groups in total. The van der Waals surface area contributed by atoms with Crippen LogP contribution in [-0.2, 0) is 29.1 Å². The van der Waals surface area contributed by atoms with Gasteiger partial charge in [0.1, 0.15) is 11.6 Å². The van der Waals surface area contributed by atoms with E-state index in [4.69, 9.17) is 0 Å². The van der Waals surface area contributed by atoms with Crippen LogP contribution in [0.1, 0.15) is 23.1 Å². The first kappa shape index (κ1) is 16.7. The van der Waals surface area contributed by atoms with Crippen LogP contribution in [0.25, 0.3) is 0 Å². The number of hydrogen-bond acceptors (Lipinski definition) is 2. The Bertz CT molecular complexity index is 98.7. The standard InChI is InChI=1S/C5H8O2.Ca.Zn.2H/c1-4(6)3-5(2)7;;;;/h3H2,1-2H3;;;;/q;+2;;2*-1. The summed E-state index contributed by atoms with van der Waals surface area (Å²) in [4.78, 5) is 20.1. The van der Waals surface area contributed by atoms with Crippen LogP contribution in [0.3, 0.4) is 0 Å². The number of carbonyl (C=O) groups excluding carboxylic acids is 2. The minimum atomic E-state index is -0.0625. The molecule has 0 spiro atoms. The first-order valence-corrected chi connectivity index (χ1v) is 2.12. The molecule has 0 saturated heterocycles. The summed E-state index contributed by atoms with van der Waals surface area (Å²) in [6.45, 7) is 2.81. The quantitative estimate of drug-likeness (QED) is 0.485. The van der Waals surface area contributed by atoms with Crippen LogP contribution in [0.4, 0.5) is 0 Å². The van der Waals surface area contributed by atoms with Crippen LogP contribution in [0, 0.1) is 0 Å². The van der Waals surface area contributed by atoms with Crippen molar-refractivity contribution in [1.82, 2.24) is 0 Å². The van der Waals surface area contributed by atoms with E-state index in [0.29, 0.717) is 0 Å². The van der Waals surface area contributed by atoms with Crippen LogP contribution in [0.5, 0.6) is 0 Å². The molecule has 0 atom stereocenters. The van der Waals surface area contributed by atoms with E-state index in [9.17, 15) is 9.59 Å². The number of Topliss-reactive ketones (excluding diaryl/α,β-unsaturated/α-hetero) is 2. The maximum Gasteiger partial charge on any atom is 2.00 e. The monoisotopic (exact) mass is 206 g/mol. The van der Waals surface area contributed by atoms with Crippen molar-refractivity contribution in [3.63, 3.8) is 0 Å². The van der Waals surface area contributed by atoms with Gasteiger partial charge in [0.05, 0.1) is 6.42 Å². The van der Waals surface area contributed by atoms with Gasteiger partial charge in [0.25, 0.3) is 0 Å². The van der Waals surface area contributed by atoms with E-state index in [-0.39, 0.29) is 78.1 Å². The van der Waals surface area contributed by atoms with Gasteiger partial charge in [-0.25, -0.2) is 0 Å². The van der Waals surface area contributed by atoms with Crippen LogP contribution >= 0.6 is 0 Å². The molecule has 0 saturated carbocycles. The molecule has 0 aromatic carbocycles. The summed E-state index contributed by atoms with van der Waals surface area (Å²) in [6.07, 6.45) is 0.0833. The summed E-state index contributed by atoms with van der Waals surface area (Å²) in [7, 11) is 0. The fourth-order valence-electron chi connectivity index (χ4n) is 0.351. The summed E-state index contributed by atoms with van der Waals surface area (Å²) in [6, 6.07) is 0. The summed E-state index contributed by atoms with van der Waals surface area (Å²) >= 11 is 0. The normalized spacial score (nSPS) is 6.44. The average molecular weight is 208 g/mol. The van der Waals surface area contributed by atoms with Crippen molar-refractivity contribution in [2.24, 2.45) is 0 Å². The maximum atomic E-state index is 10.0. The van der Waals surface area contributed by atoms with Gasteiger partial charge in [0.2, 0.25) is 0 Å². The fourth-order valence-corrected chi connectivity index (χ4v) is 0.351. The van der Waals surface area contributed by atoms with Crippen molar-refractivity contribution in [3.05, 3.63) is 0 Å². The van der Waals surface area contributed by atoms with Crippen molar-refractivity contribution in [3.8, 4) is 0 Å². The van der Waals surface area contributed by atoms with E-state index >= 15 is 0 Å². The van der Waals surface area contributed by atoms with Gasteiger partial charge in [0.15, 0.2) is 0 Å². The third-order valence-electron chi connectivity index (χ3n) is 0.498. The Balaban J connectivity index is -0.0000000300. The van der Waals surface area contributed by atoms with Gasteiger partial charge in [-0.05, 0) is 13.8 Å². The Morgan fingerprint density at radius 1 is 1.22 bits per heavy atom. The molecule has 9 heavy (non-hydrogen) atoms. The first-order chi connectivity index (χ1) is 3.13. The van der Waals surface area contributed by atoms with Gasteiger partial charge in [-0.2, -0.15) is 0 Å². The van der Waals surface area contributed by atoms with E-state index in [1.807, 2.05) is 0 Å². The minimum absolute atomic E-state index is 0. The van der Waals surface area contributed by atoms with E-state index in [1.165, 1.54) is 13.8 Å². The van der Waals surface area contributed by atoms with Crippen molar-refractivity contribution in [2.75, 3.05) is 0 Å². The number of carbonyl (C=O) groups is 2. The number of rotatable bonds is 2. The smallest absolute Gasteiger partial charge is 1.00 e. The van der Waals surface area contributed by atoms with Crippen molar-refractivity contribution >= 4 is 49.3 Å². The van der Waals surface area contributed by atoms with Gasteiger partial charge < -0.3 is 2.85 Å². The Labute approximate surface area is 100 Å². The summed E-state index contributed by atoms with van der Waals surface area (Å²) < 4.78 is 0. The van der Waals surface area contributed by atoms with Crippen molar-refractivity contribution in [2.45, 2.75) is 20.3 Å². The van der Waals surface area contributed by atoms with E-state index in [0.717, 1.165) is 0 Å². The largest absolute Gasteiger partial charge is 2.00 e. The number of ketones is 2. The molecular weight excluding hydrogens is 198 g/mol. The molecule has 0 bridgehead atoms. The Hall–Kier alpha value is 1.22. The minimum Gasteiger partial charge on any atom is -1.00 e. The molecule has 0 heterocycles. The fraction of sp³-hybridized carbons (Fsp3) is 0.600. The maximum absolute atomic E-state index is 10.0. The predicted octanol–water partition coefficient (Wildman–Crippen LogP) is 0.396. The third kappa shape index (κ3) is 17.6. The molecule has 0 unspecified atom stereocenters. The molecule has 0 aromatic heterocycles.